The van der Waals surface area contributed by atoms with E-state index >= 15 is 0 Å². The summed E-state index contributed by atoms with van der Waals surface area (Å²) in [6.07, 6.45) is -4.19. The summed E-state index contributed by atoms with van der Waals surface area (Å²) in [4.78, 5) is 12.3. The highest BCUT2D eigenvalue weighted by atomic mass is 19.4. The van der Waals surface area contributed by atoms with Crippen LogP contribution in [0.15, 0.2) is 48.5 Å². The van der Waals surface area contributed by atoms with Gasteiger partial charge in [-0.2, -0.15) is 23.7 Å². The Morgan fingerprint density at radius 2 is 1.72 bits per heavy atom. The summed E-state index contributed by atoms with van der Waals surface area (Å²) in [7, 11) is 0. The lowest BCUT2D eigenvalue weighted by atomic mass is 9.97. The molecule has 2 N–H and O–H groups in total. The Kier molecular flexibility index (Phi) is 8.80. The maximum Gasteiger partial charge on any atom is 0.407 e. The van der Waals surface area contributed by atoms with Crippen LogP contribution < -0.4 is 10.6 Å². The molecule has 0 radical (unpaired) electrons. The van der Waals surface area contributed by atoms with Gasteiger partial charge in [0.15, 0.2) is 0 Å². The van der Waals surface area contributed by atoms with Gasteiger partial charge in [0.1, 0.15) is 12.6 Å². The van der Waals surface area contributed by atoms with Crippen LogP contribution in [0.2, 0.25) is 0 Å². The van der Waals surface area contributed by atoms with E-state index in [9.17, 15) is 18.0 Å². The maximum atomic E-state index is 13.9. The predicted octanol–water partition coefficient (Wildman–Crippen LogP) is 4.67. The van der Waals surface area contributed by atoms with E-state index in [-0.39, 0.29) is 30.9 Å². The molecule has 0 bridgehead atoms. The van der Waals surface area contributed by atoms with Gasteiger partial charge in [-0.3, -0.25) is 10.1 Å². The second kappa shape index (κ2) is 11.3. The van der Waals surface area contributed by atoms with Crippen molar-refractivity contribution in [2.45, 2.75) is 44.9 Å². The van der Waals surface area contributed by atoms with E-state index < -0.39 is 24.2 Å². The first-order chi connectivity index (χ1) is 15.2. The molecule has 0 fully saturated rings. The number of nitrogens with one attached hydrogen (secondary N) is 2. The summed E-state index contributed by atoms with van der Waals surface area (Å²) in [6, 6.07) is 13.9. The smallest absolute Gasteiger partial charge is 0.342 e. The minimum Gasteiger partial charge on any atom is -0.342 e. The summed E-state index contributed by atoms with van der Waals surface area (Å²) in [5.74, 6) is -0.669. The van der Waals surface area contributed by atoms with Crippen molar-refractivity contribution in [3.05, 3.63) is 59.7 Å². The number of hydrogen-bond donors (Lipinski definition) is 2. The first kappa shape index (κ1) is 24.9. The van der Waals surface area contributed by atoms with Crippen molar-refractivity contribution in [3.8, 4) is 23.3 Å². The SMILES string of the molecule is CC(C)C[C@H](N[C@@H](c1ccc(-c2cccc(CC#N)c2)cc1)C(F)(F)F)C(=O)NCC#N. The number of benzene rings is 2. The lowest BCUT2D eigenvalue weighted by molar-refractivity contribution is -0.161. The van der Waals surface area contributed by atoms with E-state index in [0.717, 1.165) is 16.7 Å². The van der Waals surface area contributed by atoms with Gasteiger partial charge in [-0.15, -0.1) is 0 Å². The Balaban J connectivity index is 2.31. The Labute approximate surface area is 185 Å². The predicted molar refractivity (Wildman–Crippen MR) is 115 cm³/mol. The fourth-order valence-corrected chi connectivity index (χ4v) is 3.37. The molecule has 5 nitrogen and oxygen atoms in total. The highest BCUT2D eigenvalue weighted by molar-refractivity contribution is 5.82. The second-order valence-corrected chi connectivity index (χ2v) is 7.86. The highest BCUT2D eigenvalue weighted by Crippen LogP contribution is 2.34. The fraction of sp³-hybridized carbons (Fsp3) is 0.375. The van der Waals surface area contributed by atoms with E-state index in [0.29, 0.717) is 0 Å². The minimum atomic E-state index is -4.63. The number of carbonyl (C=O) groups is 1. The molecule has 168 valence electrons. The standard InChI is InChI=1S/C24H25F3N4O/c1-16(2)14-21(23(32)30-13-12-29)31-22(24(25,26)27)19-8-6-18(7-9-19)20-5-3-4-17(15-20)10-11-28/h3-9,15-16,21-22,31H,10,13-14H2,1-2H3,(H,30,32)/t21-,22-/m0/s1. The van der Waals surface area contributed by atoms with Crippen molar-refractivity contribution >= 4 is 5.91 Å². The van der Waals surface area contributed by atoms with Crippen molar-refractivity contribution in [2.24, 2.45) is 5.92 Å². The largest absolute Gasteiger partial charge is 0.407 e. The number of hydrogen-bond acceptors (Lipinski definition) is 4. The average molecular weight is 442 g/mol. The quantitative estimate of drug-likeness (QED) is 0.553. The number of halogens is 3. The van der Waals surface area contributed by atoms with Crippen LogP contribution in [0.3, 0.4) is 0 Å². The number of amides is 1. The molecule has 2 rings (SSSR count). The van der Waals surface area contributed by atoms with Crippen molar-refractivity contribution in [3.63, 3.8) is 0 Å². The maximum absolute atomic E-state index is 13.9. The third-order valence-corrected chi connectivity index (χ3v) is 4.85. The molecule has 8 heteroatoms. The van der Waals surface area contributed by atoms with Gasteiger partial charge in [0.25, 0.3) is 0 Å². The molecule has 0 aliphatic carbocycles. The van der Waals surface area contributed by atoms with Crippen LogP contribution in [-0.2, 0) is 11.2 Å². The van der Waals surface area contributed by atoms with E-state index in [1.165, 1.54) is 12.1 Å². The van der Waals surface area contributed by atoms with Crippen molar-refractivity contribution in [1.82, 2.24) is 10.6 Å². The summed E-state index contributed by atoms with van der Waals surface area (Å²) in [6.45, 7) is 3.35. The Bertz CT molecular complexity index is 988. The lowest BCUT2D eigenvalue weighted by Crippen LogP contribution is -2.49. The minimum absolute atomic E-state index is 0.0173. The first-order valence-corrected chi connectivity index (χ1v) is 10.2. The fourth-order valence-electron chi connectivity index (χ4n) is 3.37. The molecule has 0 saturated carbocycles. The van der Waals surface area contributed by atoms with Crippen molar-refractivity contribution < 1.29 is 18.0 Å². The van der Waals surface area contributed by atoms with Gasteiger partial charge >= 0.3 is 6.18 Å². The molecule has 32 heavy (non-hydrogen) atoms. The normalized spacial score (nSPS) is 13.1. The monoisotopic (exact) mass is 442 g/mol. The number of alkyl halides is 3. The molecule has 2 aromatic rings. The zero-order chi connectivity index (χ0) is 23.7. The third-order valence-electron chi connectivity index (χ3n) is 4.85. The van der Waals surface area contributed by atoms with E-state index in [1.54, 1.807) is 24.3 Å². The van der Waals surface area contributed by atoms with Crippen LogP contribution in [0.1, 0.15) is 37.4 Å². The van der Waals surface area contributed by atoms with Gasteiger partial charge in [-0.1, -0.05) is 62.4 Å². The molecule has 2 atom stereocenters. The van der Waals surface area contributed by atoms with Crippen molar-refractivity contribution in [2.75, 3.05) is 6.54 Å². The lowest BCUT2D eigenvalue weighted by Gasteiger charge is -2.28. The Morgan fingerprint density at radius 1 is 1.03 bits per heavy atom. The Hall–Kier alpha value is -3.36. The summed E-state index contributed by atoms with van der Waals surface area (Å²) in [5.41, 5.74) is 2.33. The summed E-state index contributed by atoms with van der Waals surface area (Å²) < 4.78 is 41.7. The molecule has 0 aromatic heterocycles. The number of nitriles is 2. The molecule has 0 heterocycles. The molecular weight excluding hydrogens is 417 g/mol. The number of rotatable bonds is 9. The van der Waals surface area contributed by atoms with Crippen LogP contribution in [0.5, 0.6) is 0 Å². The summed E-state index contributed by atoms with van der Waals surface area (Å²) in [5, 5.41) is 22.3. The van der Waals surface area contributed by atoms with E-state index in [4.69, 9.17) is 10.5 Å². The van der Waals surface area contributed by atoms with Crippen molar-refractivity contribution in [1.29, 1.82) is 10.5 Å². The van der Waals surface area contributed by atoms with Gasteiger partial charge in [-0.25, -0.2) is 0 Å². The number of nitrogens with zero attached hydrogens (tertiary/aromatic N) is 2. The molecule has 2 aromatic carbocycles. The molecular formula is C24H25F3N4O. The first-order valence-electron chi connectivity index (χ1n) is 10.2. The average Bonchev–Trinajstić information content (AvgIpc) is 2.74. The molecule has 0 spiro atoms. The number of carbonyl (C=O) groups excluding carboxylic acids is 1. The third kappa shape index (κ3) is 7.11. The van der Waals surface area contributed by atoms with Gasteiger partial charge in [-0.05, 0) is 34.6 Å². The molecule has 1 amide bonds. The van der Waals surface area contributed by atoms with Crippen LogP contribution in [0, 0.1) is 28.6 Å². The van der Waals surface area contributed by atoms with Gasteiger partial charge in [0, 0.05) is 0 Å². The van der Waals surface area contributed by atoms with E-state index in [1.807, 2.05) is 32.0 Å². The zero-order valence-corrected chi connectivity index (χ0v) is 17.9. The highest BCUT2D eigenvalue weighted by Gasteiger charge is 2.42. The van der Waals surface area contributed by atoms with Crippen LogP contribution >= 0.6 is 0 Å². The second-order valence-electron chi connectivity index (χ2n) is 7.86. The van der Waals surface area contributed by atoms with Crippen LogP contribution in [-0.4, -0.2) is 24.7 Å². The van der Waals surface area contributed by atoms with Gasteiger partial charge in [0.05, 0.1) is 24.6 Å². The zero-order valence-electron chi connectivity index (χ0n) is 17.9. The van der Waals surface area contributed by atoms with Crippen LogP contribution in [0.25, 0.3) is 11.1 Å². The molecule has 0 aliphatic heterocycles. The molecule has 0 aliphatic rings. The van der Waals surface area contributed by atoms with Gasteiger partial charge in [0.2, 0.25) is 5.91 Å². The van der Waals surface area contributed by atoms with Gasteiger partial charge < -0.3 is 5.32 Å². The van der Waals surface area contributed by atoms with Crippen LogP contribution in [0.4, 0.5) is 13.2 Å². The molecule has 0 unspecified atom stereocenters. The topological polar surface area (TPSA) is 88.7 Å². The summed E-state index contributed by atoms with van der Waals surface area (Å²) >= 11 is 0. The molecule has 0 saturated heterocycles. The van der Waals surface area contributed by atoms with E-state index in [2.05, 4.69) is 16.7 Å². The Morgan fingerprint density at radius 3 is 2.28 bits per heavy atom.